The molecule has 8 nitrogen and oxygen atoms in total. The van der Waals surface area contributed by atoms with Gasteiger partial charge in [0, 0.05) is 0 Å². The summed E-state index contributed by atoms with van der Waals surface area (Å²) in [6.45, 7) is 2.51. The zero-order chi connectivity index (χ0) is 21.7. The molecule has 8 heteroatoms. The summed E-state index contributed by atoms with van der Waals surface area (Å²) in [5.41, 5.74) is 2.22. The number of aliphatic hydroxyl groups is 2. The fourth-order valence-electron chi connectivity index (χ4n) is 3.84. The van der Waals surface area contributed by atoms with E-state index in [9.17, 15) is 29.4 Å². The summed E-state index contributed by atoms with van der Waals surface area (Å²) < 4.78 is 0. The topological polar surface area (TPSA) is 115 Å². The van der Waals surface area contributed by atoms with E-state index in [0.29, 0.717) is 11.1 Å². The molecule has 2 N–H and O–H groups in total. The second kappa shape index (κ2) is 7.16. The third-order valence-electron chi connectivity index (χ3n) is 5.58. The molecular formula is C22H20N2O6. The number of benzene rings is 2. The van der Waals surface area contributed by atoms with Gasteiger partial charge in [0.25, 0.3) is 23.6 Å². The summed E-state index contributed by atoms with van der Waals surface area (Å²) in [6, 6.07) is 8.34. The lowest BCUT2D eigenvalue weighted by molar-refractivity contribution is 0.0524. The maximum absolute atomic E-state index is 12.7. The molecule has 0 fully saturated rings. The number of nitrogens with zero attached hydrogens (tertiary/aromatic N) is 2. The molecule has 0 bridgehead atoms. The number of carbonyl (C=O) groups excluding carboxylic acids is 4. The Labute approximate surface area is 172 Å². The van der Waals surface area contributed by atoms with E-state index in [1.165, 1.54) is 0 Å². The van der Waals surface area contributed by atoms with E-state index in [1.807, 2.05) is 0 Å². The van der Waals surface area contributed by atoms with Crippen molar-refractivity contribution in [3.63, 3.8) is 0 Å². The van der Waals surface area contributed by atoms with Gasteiger partial charge in [0.15, 0.2) is 0 Å². The average molecular weight is 408 g/mol. The molecule has 0 spiro atoms. The van der Waals surface area contributed by atoms with Crippen LogP contribution in [0.15, 0.2) is 36.4 Å². The molecule has 0 saturated heterocycles. The van der Waals surface area contributed by atoms with Crippen LogP contribution in [0, 0.1) is 0 Å². The predicted octanol–water partition coefficient (Wildman–Crippen LogP) is 1.31. The molecule has 2 aliphatic heterocycles. The first-order valence-electron chi connectivity index (χ1n) is 9.56. The summed E-state index contributed by atoms with van der Waals surface area (Å²) >= 11 is 0. The van der Waals surface area contributed by atoms with Crippen LogP contribution in [0.5, 0.6) is 0 Å². The van der Waals surface area contributed by atoms with Gasteiger partial charge in [0.1, 0.15) is 0 Å². The molecular weight excluding hydrogens is 388 g/mol. The first-order chi connectivity index (χ1) is 14.3. The minimum Gasteiger partial charge on any atom is -0.394 e. The monoisotopic (exact) mass is 408 g/mol. The zero-order valence-electron chi connectivity index (χ0n) is 16.5. The number of rotatable bonds is 5. The molecule has 0 saturated carbocycles. The Kier molecular flexibility index (Phi) is 4.76. The first-order valence-corrected chi connectivity index (χ1v) is 9.56. The highest BCUT2D eigenvalue weighted by molar-refractivity contribution is 6.23. The van der Waals surface area contributed by atoms with E-state index in [1.54, 1.807) is 50.2 Å². The maximum Gasteiger partial charge on any atom is 0.261 e. The maximum atomic E-state index is 12.7. The number of aliphatic hydroxyl groups excluding tert-OH is 2. The van der Waals surface area contributed by atoms with Crippen LogP contribution in [0.4, 0.5) is 0 Å². The Balaban J connectivity index is 1.73. The van der Waals surface area contributed by atoms with Crippen molar-refractivity contribution >= 4 is 23.6 Å². The lowest BCUT2D eigenvalue weighted by Gasteiger charge is -2.19. The quantitative estimate of drug-likeness (QED) is 0.721. The van der Waals surface area contributed by atoms with Crippen LogP contribution in [0.1, 0.15) is 55.3 Å². The molecule has 2 unspecified atom stereocenters. The molecule has 30 heavy (non-hydrogen) atoms. The van der Waals surface area contributed by atoms with Crippen molar-refractivity contribution in [1.82, 2.24) is 9.80 Å². The number of hydrogen-bond donors (Lipinski definition) is 2. The fraction of sp³-hybridized carbons (Fsp3) is 0.273. The van der Waals surface area contributed by atoms with Gasteiger partial charge in [-0.3, -0.25) is 29.0 Å². The third kappa shape index (κ3) is 2.76. The molecule has 0 radical (unpaired) electrons. The van der Waals surface area contributed by atoms with Crippen LogP contribution < -0.4 is 0 Å². The molecule has 2 aromatic carbocycles. The van der Waals surface area contributed by atoms with E-state index in [4.69, 9.17) is 0 Å². The van der Waals surface area contributed by atoms with Crippen molar-refractivity contribution in [3.8, 4) is 11.1 Å². The van der Waals surface area contributed by atoms with Crippen molar-refractivity contribution < 1.29 is 29.4 Å². The van der Waals surface area contributed by atoms with Gasteiger partial charge in [-0.05, 0) is 49.2 Å². The molecule has 2 heterocycles. The molecule has 2 atom stereocenters. The third-order valence-corrected chi connectivity index (χ3v) is 5.58. The highest BCUT2D eigenvalue weighted by atomic mass is 16.3. The van der Waals surface area contributed by atoms with E-state index >= 15 is 0 Å². The Morgan fingerprint density at radius 2 is 0.967 bits per heavy atom. The van der Waals surface area contributed by atoms with Gasteiger partial charge < -0.3 is 10.2 Å². The summed E-state index contributed by atoms with van der Waals surface area (Å²) in [7, 11) is 0. The molecule has 0 aliphatic carbocycles. The number of fused-ring (bicyclic) bond motifs is 2. The molecule has 0 aromatic heterocycles. The lowest BCUT2D eigenvalue weighted by atomic mass is 9.97. The minimum absolute atomic E-state index is 0.233. The Bertz CT molecular complexity index is 1020. The Morgan fingerprint density at radius 3 is 1.30 bits per heavy atom. The second-order valence-corrected chi connectivity index (χ2v) is 7.54. The molecule has 154 valence electrons. The lowest BCUT2D eigenvalue weighted by Crippen LogP contribution is -2.40. The number of imide groups is 2. The first kappa shape index (κ1) is 19.9. The van der Waals surface area contributed by atoms with Crippen molar-refractivity contribution in [2.75, 3.05) is 13.2 Å². The smallest absolute Gasteiger partial charge is 0.261 e. The van der Waals surface area contributed by atoms with Crippen molar-refractivity contribution in [1.29, 1.82) is 0 Å². The predicted molar refractivity (Wildman–Crippen MR) is 106 cm³/mol. The average Bonchev–Trinajstić information content (AvgIpc) is 3.16. The Hall–Kier alpha value is -3.36. The normalized spacial score (nSPS) is 17.5. The minimum atomic E-state index is -0.635. The van der Waals surface area contributed by atoms with Gasteiger partial charge in [0.2, 0.25) is 0 Å². The standard InChI is InChI=1S/C22H20N2O6/c1-11(9-25)23-19(27)15-5-3-13(7-17(15)21(23)29)14-4-6-16-18(8-14)22(30)24(20(16)28)12(2)10-26/h3-8,11-12,25-26H,9-10H2,1-2H3. The van der Waals surface area contributed by atoms with Gasteiger partial charge >= 0.3 is 0 Å². The van der Waals surface area contributed by atoms with Gasteiger partial charge in [-0.15, -0.1) is 0 Å². The van der Waals surface area contributed by atoms with Crippen molar-refractivity contribution in [3.05, 3.63) is 58.7 Å². The van der Waals surface area contributed by atoms with Crippen molar-refractivity contribution in [2.45, 2.75) is 25.9 Å². The van der Waals surface area contributed by atoms with E-state index in [0.717, 1.165) is 9.80 Å². The number of carbonyl (C=O) groups is 4. The van der Waals surface area contributed by atoms with Crippen LogP contribution in [0.2, 0.25) is 0 Å². The molecule has 4 rings (SSSR count). The van der Waals surface area contributed by atoms with Crippen LogP contribution >= 0.6 is 0 Å². The second-order valence-electron chi connectivity index (χ2n) is 7.54. The van der Waals surface area contributed by atoms with Crippen LogP contribution in [-0.2, 0) is 0 Å². The van der Waals surface area contributed by atoms with E-state index in [2.05, 4.69) is 0 Å². The summed E-state index contributed by atoms with van der Waals surface area (Å²) in [4.78, 5) is 52.5. The van der Waals surface area contributed by atoms with Gasteiger partial charge in [-0.2, -0.15) is 0 Å². The summed E-state index contributed by atoms with van der Waals surface area (Å²) in [5.74, 6) is -1.86. The molecule has 2 aliphatic rings. The van der Waals surface area contributed by atoms with Gasteiger partial charge in [0.05, 0.1) is 47.6 Å². The highest BCUT2D eigenvalue weighted by Crippen LogP contribution is 2.33. The van der Waals surface area contributed by atoms with Gasteiger partial charge in [-0.25, -0.2) is 0 Å². The largest absolute Gasteiger partial charge is 0.394 e. The highest BCUT2D eigenvalue weighted by Gasteiger charge is 2.40. The van der Waals surface area contributed by atoms with Crippen molar-refractivity contribution in [2.24, 2.45) is 0 Å². The fourth-order valence-corrected chi connectivity index (χ4v) is 3.84. The Morgan fingerprint density at radius 1 is 0.633 bits per heavy atom. The van der Waals surface area contributed by atoms with E-state index < -0.39 is 35.7 Å². The van der Waals surface area contributed by atoms with Crippen LogP contribution in [0.25, 0.3) is 11.1 Å². The van der Waals surface area contributed by atoms with Crippen LogP contribution in [-0.4, -0.2) is 68.9 Å². The SMILES string of the molecule is CC(CO)N1C(=O)c2ccc(-c3ccc4c(c3)C(=O)N(C(C)CO)C4=O)cc2C1=O. The van der Waals surface area contributed by atoms with Crippen LogP contribution in [0.3, 0.4) is 0 Å². The summed E-state index contributed by atoms with van der Waals surface area (Å²) in [5, 5.41) is 18.7. The number of amides is 4. The zero-order valence-corrected chi connectivity index (χ0v) is 16.5. The number of hydrogen-bond acceptors (Lipinski definition) is 6. The molecule has 4 amide bonds. The van der Waals surface area contributed by atoms with Gasteiger partial charge in [-0.1, -0.05) is 12.1 Å². The van der Waals surface area contributed by atoms with E-state index in [-0.39, 0.29) is 35.5 Å². The summed E-state index contributed by atoms with van der Waals surface area (Å²) in [6.07, 6.45) is 0. The molecule has 2 aromatic rings.